The summed E-state index contributed by atoms with van der Waals surface area (Å²) in [6.45, 7) is 0.480. The number of benzene rings is 1. The van der Waals surface area contributed by atoms with Gasteiger partial charge < -0.3 is 10.5 Å². The van der Waals surface area contributed by atoms with Crippen LogP contribution in [-0.2, 0) is 18.4 Å². The van der Waals surface area contributed by atoms with Gasteiger partial charge in [-0.15, -0.1) is 0 Å². The minimum Gasteiger partial charge on any atom is -0.366 e. The molecular formula is C12H15N5O3. The highest BCUT2D eigenvalue weighted by Crippen LogP contribution is 2.18. The van der Waals surface area contributed by atoms with Gasteiger partial charge in [0.2, 0.25) is 0 Å². The van der Waals surface area contributed by atoms with Crippen LogP contribution in [0.2, 0.25) is 0 Å². The number of aryl methyl sites for hydroxylation is 1. The van der Waals surface area contributed by atoms with Gasteiger partial charge in [0.25, 0.3) is 5.69 Å². The minimum atomic E-state index is -0.438. The lowest BCUT2D eigenvalue weighted by atomic mass is 10.2. The standard InChI is InChI=1S/C12H15N5O3/c1-16-14-7-11(15-16)12(6-13)20-8-9-3-2-4-10(5-9)17(18)19/h2-5,7,12H,6,8,13H2,1H3. The molecule has 0 amide bonds. The quantitative estimate of drug-likeness (QED) is 0.621. The van der Waals surface area contributed by atoms with Crippen LogP contribution < -0.4 is 5.73 Å². The molecule has 0 aliphatic heterocycles. The van der Waals surface area contributed by atoms with Gasteiger partial charge >= 0.3 is 0 Å². The molecule has 0 aliphatic carbocycles. The summed E-state index contributed by atoms with van der Waals surface area (Å²) in [5, 5.41) is 18.8. The van der Waals surface area contributed by atoms with Crippen molar-refractivity contribution < 1.29 is 9.66 Å². The molecule has 1 heterocycles. The molecule has 0 fully saturated rings. The summed E-state index contributed by atoms with van der Waals surface area (Å²) >= 11 is 0. The van der Waals surface area contributed by atoms with Crippen molar-refractivity contribution in [3.63, 3.8) is 0 Å². The predicted octanol–water partition coefficient (Wildman–Crippen LogP) is 0.940. The van der Waals surface area contributed by atoms with Crippen LogP contribution in [0.5, 0.6) is 0 Å². The summed E-state index contributed by atoms with van der Waals surface area (Å²) in [6, 6.07) is 6.30. The number of ether oxygens (including phenoxy) is 1. The number of hydrogen-bond donors (Lipinski definition) is 1. The van der Waals surface area contributed by atoms with Gasteiger partial charge in [0.15, 0.2) is 0 Å². The van der Waals surface area contributed by atoms with E-state index in [0.29, 0.717) is 11.3 Å². The zero-order valence-electron chi connectivity index (χ0n) is 11.0. The van der Waals surface area contributed by atoms with Crippen molar-refractivity contribution in [1.29, 1.82) is 0 Å². The Morgan fingerprint density at radius 3 is 2.95 bits per heavy atom. The molecule has 1 aromatic carbocycles. The molecule has 0 spiro atoms. The van der Waals surface area contributed by atoms with Gasteiger partial charge in [0.1, 0.15) is 11.8 Å². The Hall–Kier alpha value is -2.32. The van der Waals surface area contributed by atoms with E-state index < -0.39 is 4.92 Å². The summed E-state index contributed by atoms with van der Waals surface area (Å²) in [7, 11) is 1.71. The smallest absolute Gasteiger partial charge is 0.269 e. The fourth-order valence-corrected chi connectivity index (χ4v) is 1.74. The second kappa shape index (κ2) is 6.22. The Morgan fingerprint density at radius 1 is 1.55 bits per heavy atom. The maximum Gasteiger partial charge on any atom is 0.269 e. The van der Waals surface area contributed by atoms with Crippen LogP contribution in [0.1, 0.15) is 17.4 Å². The number of nitrogens with two attached hydrogens (primary N) is 1. The van der Waals surface area contributed by atoms with Crippen molar-refractivity contribution in [2.75, 3.05) is 6.54 Å². The maximum atomic E-state index is 10.7. The summed E-state index contributed by atoms with van der Waals surface area (Å²) in [4.78, 5) is 11.7. The fourth-order valence-electron chi connectivity index (χ4n) is 1.74. The third kappa shape index (κ3) is 3.37. The molecular weight excluding hydrogens is 262 g/mol. The molecule has 1 unspecified atom stereocenters. The van der Waals surface area contributed by atoms with E-state index in [0.717, 1.165) is 0 Å². The molecule has 1 atom stereocenters. The molecule has 0 radical (unpaired) electrons. The third-order valence-corrected chi connectivity index (χ3v) is 2.73. The Morgan fingerprint density at radius 2 is 2.35 bits per heavy atom. The number of nitrogens with zero attached hydrogens (tertiary/aromatic N) is 4. The first kappa shape index (κ1) is 14.1. The van der Waals surface area contributed by atoms with Crippen LogP contribution in [0, 0.1) is 10.1 Å². The van der Waals surface area contributed by atoms with E-state index in [4.69, 9.17) is 10.5 Å². The lowest BCUT2D eigenvalue weighted by molar-refractivity contribution is -0.385. The molecule has 106 valence electrons. The van der Waals surface area contributed by atoms with E-state index in [9.17, 15) is 10.1 Å². The van der Waals surface area contributed by atoms with Crippen LogP contribution in [0.15, 0.2) is 30.5 Å². The maximum absolute atomic E-state index is 10.7. The Balaban J connectivity index is 2.03. The number of aromatic nitrogens is 3. The summed E-state index contributed by atoms with van der Waals surface area (Å²) in [5.74, 6) is 0. The first-order chi connectivity index (χ1) is 9.60. The van der Waals surface area contributed by atoms with Crippen molar-refractivity contribution in [3.8, 4) is 0 Å². The monoisotopic (exact) mass is 277 g/mol. The highest BCUT2D eigenvalue weighted by Gasteiger charge is 2.14. The lowest BCUT2D eigenvalue weighted by Crippen LogP contribution is -2.16. The molecule has 2 aromatic rings. The van der Waals surface area contributed by atoms with Gasteiger partial charge in [0, 0.05) is 25.7 Å². The average molecular weight is 277 g/mol. The van der Waals surface area contributed by atoms with Crippen LogP contribution >= 0.6 is 0 Å². The number of nitro benzene ring substituents is 1. The van der Waals surface area contributed by atoms with Gasteiger partial charge in [-0.25, -0.2) is 0 Å². The Kier molecular flexibility index (Phi) is 4.38. The zero-order valence-corrected chi connectivity index (χ0v) is 11.0. The molecule has 8 heteroatoms. The van der Waals surface area contributed by atoms with Crippen LogP contribution in [-0.4, -0.2) is 26.5 Å². The van der Waals surface area contributed by atoms with Crippen LogP contribution in [0.25, 0.3) is 0 Å². The van der Waals surface area contributed by atoms with Gasteiger partial charge in [-0.3, -0.25) is 10.1 Å². The molecule has 0 bridgehead atoms. The van der Waals surface area contributed by atoms with E-state index in [1.807, 2.05) is 0 Å². The van der Waals surface area contributed by atoms with Crippen LogP contribution in [0.3, 0.4) is 0 Å². The van der Waals surface area contributed by atoms with Gasteiger partial charge in [-0.1, -0.05) is 12.1 Å². The third-order valence-electron chi connectivity index (χ3n) is 2.73. The topological polar surface area (TPSA) is 109 Å². The second-order valence-electron chi connectivity index (χ2n) is 4.22. The fraction of sp³-hybridized carbons (Fsp3) is 0.333. The molecule has 1 aromatic heterocycles. The first-order valence-corrected chi connectivity index (χ1v) is 6.01. The normalized spacial score (nSPS) is 12.3. The highest BCUT2D eigenvalue weighted by molar-refractivity contribution is 5.33. The average Bonchev–Trinajstić information content (AvgIpc) is 2.86. The highest BCUT2D eigenvalue weighted by atomic mass is 16.6. The van der Waals surface area contributed by atoms with E-state index in [-0.39, 0.29) is 24.9 Å². The summed E-state index contributed by atoms with van der Waals surface area (Å²) < 4.78 is 5.65. The molecule has 20 heavy (non-hydrogen) atoms. The number of hydrogen-bond acceptors (Lipinski definition) is 6. The van der Waals surface area contributed by atoms with E-state index in [1.54, 1.807) is 25.4 Å². The molecule has 8 nitrogen and oxygen atoms in total. The van der Waals surface area contributed by atoms with Crippen molar-refractivity contribution in [1.82, 2.24) is 15.0 Å². The molecule has 2 rings (SSSR count). The minimum absolute atomic E-state index is 0.0369. The Bertz CT molecular complexity index is 598. The molecule has 0 aliphatic rings. The van der Waals surface area contributed by atoms with Gasteiger partial charge in [-0.05, 0) is 5.56 Å². The SMILES string of the molecule is Cn1ncc(C(CN)OCc2cccc([N+](=O)[O-])c2)n1. The predicted molar refractivity (Wildman–Crippen MR) is 70.7 cm³/mol. The van der Waals surface area contributed by atoms with E-state index in [2.05, 4.69) is 10.2 Å². The zero-order chi connectivity index (χ0) is 14.5. The van der Waals surface area contributed by atoms with E-state index in [1.165, 1.54) is 16.9 Å². The van der Waals surface area contributed by atoms with Crippen molar-refractivity contribution in [2.45, 2.75) is 12.7 Å². The molecule has 0 saturated heterocycles. The summed E-state index contributed by atoms with van der Waals surface area (Å²) in [5.41, 5.74) is 7.03. The first-order valence-electron chi connectivity index (χ1n) is 6.01. The summed E-state index contributed by atoms with van der Waals surface area (Å²) in [6.07, 6.45) is 1.20. The van der Waals surface area contributed by atoms with E-state index >= 15 is 0 Å². The van der Waals surface area contributed by atoms with Gasteiger partial charge in [-0.2, -0.15) is 15.0 Å². The molecule has 0 saturated carbocycles. The number of nitro groups is 1. The number of non-ortho nitro benzene ring substituents is 1. The Labute approximate surface area is 115 Å². The molecule has 2 N–H and O–H groups in total. The van der Waals surface area contributed by atoms with Crippen molar-refractivity contribution in [3.05, 3.63) is 51.8 Å². The van der Waals surface area contributed by atoms with Crippen molar-refractivity contribution in [2.24, 2.45) is 12.8 Å². The second-order valence-corrected chi connectivity index (χ2v) is 4.22. The lowest BCUT2D eigenvalue weighted by Gasteiger charge is -2.13. The largest absolute Gasteiger partial charge is 0.366 e. The van der Waals surface area contributed by atoms with Gasteiger partial charge in [0.05, 0.1) is 17.7 Å². The van der Waals surface area contributed by atoms with Crippen LogP contribution in [0.4, 0.5) is 5.69 Å². The number of rotatable bonds is 6. The van der Waals surface area contributed by atoms with Crippen molar-refractivity contribution >= 4 is 5.69 Å².